The molecule has 0 aliphatic heterocycles. The number of rotatable bonds is 6. The van der Waals surface area contributed by atoms with Crippen molar-refractivity contribution in [3.63, 3.8) is 0 Å². The Morgan fingerprint density at radius 3 is 2.77 bits per heavy atom. The van der Waals surface area contributed by atoms with Gasteiger partial charge in [-0.15, -0.1) is 0 Å². The number of hydrazone groups is 1. The molecular weight excluding hydrogens is 328 g/mol. The molecule has 0 radical (unpaired) electrons. The van der Waals surface area contributed by atoms with Crippen LogP contribution >= 0.6 is 0 Å². The molecule has 26 heavy (non-hydrogen) atoms. The first-order chi connectivity index (χ1) is 12.6. The van der Waals surface area contributed by atoms with E-state index < -0.39 is 0 Å². The molecule has 0 atom stereocenters. The Labute approximate surface area is 151 Å². The van der Waals surface area contributed by atoms with E-state index in [9.17, 15) is 4.79 Å². The molecule has 0 fully saturated rings. The van der Waals surface area contributed by atoms with E-state index in [1.54, 1.807) is 16.7 Å². The summed E-state index contributed by atoms with van der Waals surface area (Å²) in [7, 11) is 0. The van der Waals surface area contributed by atoms with Crippen molar-refractivity contribution in [2.45, 2.75) is 13.8 Å². The molecule has 6 heteroatoms. The molecule has 132 valence electrons. The third-order valence-electron chi connectivity index (χ3n) is 3.78. The lowest BCUT2D eigenvalue weighted by molar-refractivity contribution is 0.0948. The van der Waals surface area contributed by atoms with E-state index in [0.717, 1.165) is 22.5 Å². The van der Waals surface area contributed by atoms with Gasteiger partial charge in [-0.05, 0) is 55.3 Å². The van der Waals surface area contributed by atoms with Gasteiger partial charge in [0.05, 0.1) is 11.9 Å². The molecule has 0 saturated heterocycles. The van der Waals surface area contributed by atoms with Crippen molar-refractivity contribution < 1.29 is 9.53 Å². The number of hydrogen-bond donors (Lipinski definition) is 1. The van der Waals surface area contributed by atoms with Crippen LogP contribution in [0.1, 0.15) is 27.3 Å². The largest absolute Gasteiger partial charge is 0.490 e. The number of ether oxygens (including phenoxy) is 1. The summed E-state index contributed by atoms with van der Waals surface area (Å²) in [6, 6.07) is 11.2. The van der Waals surface area contributed by atoms with Crippen molar-refractivity contribution in [1.82, 2.24) is 14.8 Å². The van der Waals surface area contributed by atoms with Crippen molar-refractivity contribution in [3.05, 3.63) is 77.8 Å². The predicted molar refractivity (Wildman–Crippen MR) is 102 cm³/mol. The van der Waals surface area contributed by atoms with E-state index in [1.807, 2.05) is 56.4 Å². The first-order valence-corrected chi connectivity index (χ1v) is 8.21. The summed E-state index contributed by atoms with van der Waals surface area (Å²) < 4.78 is 7.20. The Balaban J connectivity index is 1.71. The Bertz CT molecular complexity index is 971. The van der Waals surface area contributed by atoms with E-state index in [-0.39, 0.29) is 5.91 Å². The maximum Gasteiger partial charge on any atom is 0.290 e. The van der Waals surface area contributed by atoms with E-state index in [1.165, 1.54) is 0 Å². The number of aryl methyl sites for hydroxylation is 2. The maximum atomic E-state index is 12.5. The molecule has 0 aliphatic rings. The Hall–Kier alpha value is -3.41. The highest BCUT2D eigenvalue weighted by Gasteiger charge is 2.15. The fourth-order valence-electron chi connectivity index (χ4n) is 2.57. The zero-order chi connectivity index (χ0) is 18.5. The van der Waals surface area contributed by atoms with Crippen LogP contribution in [0.5, 0.6) is 5.75 Å². The van der Waals surface area contributed by atoms with Gasteiger partial charge in [-0.3, -0.25) is 9.20 Å². The van der Waals surface area contributed by atoms with Crippen molar-refractivity contribution in [3.8, 4) is 5.75 Å². The minimum atomic E-state index is -0.303. The number of nitrogens with zero attached hydrogens (tertiary/aromatic N) is 3. The van der Waals surface area contributed by atoms with Crippen molar-refractivity contribution >= 4 is 17.8 Å². The monoisotopic (exact) mass is 348 g/mol. The summed E-state index contributed by atoms with van der Waals surface area (Å²) in [6.45, 7) is 7.85. The molecule has 1 N–H and O–H groups in total. The van der Waals surface area contributed by atoms with E-state index >= 15 is 0 Å². The van der Waals surface area contributed by atoms with Gasteiger partial charge >= 0.3 is 0 Å². The zero-order valence-corrected chi connectivity index (χ0v) is 14.8. The summed E-state index contributed by atoms with van der Waals surface area (Å²) in [5.74, 6) is 0.450. The number of carbonyl (C=O) groups excluding carboxylic acids is 1. The molecule has 3 aromatic rings. The highest BCUT2D eigenvalue weighted by Crippen LogP contribution is 2.14. The second-order valence-electron chi connectivity index (χ2n) is 5.85. The van der Waals surface area contributed by atoms with Crippen LogP contribution in [0.15, 0.2) is 60.4 Å². The normalized spacial score (nSPS) is 11.0. The van der Waals surface area contributed by atoms with Gasteiger partial charge in [0.15, 0.2) is 0 Å². The quantitative estimate of drug-likeness (QED) is 0.422. The lowest BCUT2D eigenvalue weighted by Crippen LogP contribution is -2.20. The third kappa shape index (κ3) is 3.80. The molecule has 0 spiro atoms. The van der Waals surface area contributed by atoms with Crippen molar-refractivity contribution in [1.29, 1.82) is 0 Å². The van der Waals surface area contributed by atoms with E-state index in [2.05, 4.69) is 22.1 Å². The predicted octanol–water partition coefficient (Wildman–Crippen LogP) is 3.28. The topological polar surface area (TPSA) is 68.0 Å². The molecule has 0 bridgehead atoms. The smallest absolute Gasteiger partial charge is 0.290 e. The number of hydrogen-bond acceptors (Lipinski definition) is 4. The number of pyridine rings is 1. The van der Waals surface area contributed by atoms with Crippen molar-refractivity contribution in [2.24, 2.45) is 5.10 Å². The van der Waals surface area contributed by atoms with Crippen molar-refractivity contribution in [2.75, 3.05) is 6.61 Å². The van der Waals surface area contributed by atoms with Gasteiger partial charge in [-0.25, -0.2) is 10.4 Å². The van der Waals surface area contributed by atoms with E-state index in [4.69, 9.17) is 4.74 Å². The molecule has 2 heterocycles. The summed E-state index contributed by atoms with van der Waals surface area (Å²) in [5, 5.41) is 4.04. The van der Waals surface area contributed by atoms with Gasteiger partial charge in [0, 0.05) is 6.20 Å². The number of aromatic nitrogens is 2. The minimum Gasteiger partial charge on any atom is -0.490 e. The highest BCUT2D eigenvalue weighted by atomic mass is 16.5. The number of carbonyl (C=O) groups is 1. The molecule has 0 aliphatic carbocycles. The van der Waals surface area contributed by atoms with Gasteiger partial charge in [-0.1, -0.05) is 18.7 Å². The lowest BCUT2D eigenvalue weighted by Gasteiger charge is -2.03. The average molecular weight is 348 g/mol. The van der Waals surface area contributed by atoms with Crippen LogP contribution in [0.3, 0.4) is 0 Å². The number of benzene rings is 1. The standard InChI is InChI=1S/C20H20N4O2/c1-4-11-26-17-8-6-16(7-9-17)12-21-23-20(25)19-15(3)22-18-10-5-14(2)13-24(18)19/h4-10,12-13H,1,11H2,2-3H3,(H,23,25). The lowest BCUT2D eigenvalue weighted by atomic mass is 10.2. The Morgan fingerprint density at radius 1 is 1.27 bits per heavy atom. The molecule has 1 aromatic carbocycles. The molecule has 2 aromatic heterocycles. The summed E-state index contributed by atoms with van der Waals surface area (Å²) in [4.78, 5) is 16.9. The van der Waals surface area contributed by atoms with Gasteiger partial charge < -0.3 is 4.74 Å². The van der Waals surface area contributed by atoms with Crippen LogP contribution in [-0.4, -0.2) is 28.1 Å². The molecule has 1 amide bonds. The summed E-state index contributed by atoms with van der Waals surface area (Å²) in [5.41, 5.74) is 6.33. The van der Waals surface area contributed by atoms with Crippen LogP contribution in [-0.2, 0) is 0 Å². The number of fused-ring (bicyclic) bond motifs is 1. The first-order valence-electron chi connectivity index (χ1n) is 8.21. The number of imidazole rings is 1. The van der Waals surface area contributed by atoms with Crippen LogP contribution in [0.4, 0.5) is 0 Å². The fourth-order valence-corrected chi connectivity index (χ4v) is 2.57. The third-order valence-corrected chi connectivity index (χ3v) is 3.78. The SMILES string of the molecule is C=CCOc1ccc(C=NNC(=O)c2c(C)nc3ccc(C)cn23)cc1. The Morgan fingerprint density at radius 2 is 2.04 bits per heavy atom. The number of nitrogens with one attached hydrogen (secondary N) is 1. The van der Waals surface area contributed by atoms with E-state index in [0.29, 0.717) is 18.0 Å². The van der Waals surface area contributed by atoms with Crippen LogP contribution in [0, 0.1) is 13.8 Å². The maximum absolute atomic E-state index is 12.5. The average Bonchev–Trinajstić information content (AvgIpc) is 2.96. The highest BCUT2D eigenvalue weighted by molar-refractivity contribution is 5.95. The fraction of sp³-hybridized carbons (Fsp3) is 0.150. The van der Waals surface area contributed by atoms with Gasteiger partial charge in [0.25, 0.3) is 5.91 Å². The van der Waals surface area contributed by atoms with Crippen LogP contribution in [0.25, 0.3) is 5.65 Å². The molecular formula is C20H20N4O2. The first kappa shape index (κ1) is 17.4. The second-order valence-corrected chi connectivity index (χ2v) is 5.85. The molecule has 3 rings (SSSR count). The molecule has 0 saturated carbocycles. The summed E-state index contributed by atoms with van der Waals surface area (Å²) in [6.07, 6.45) is 5.16. The van der Waals surface area contributed by atoms with Crippen LogP contribution in [0.2, 0.25) is 0 Å². The second kappa shape index (κ2) is 7.65. The minimum absolute atomic E-state index is 0.303. The van der Waals surface area contributed by atoms with Gasteiger partial charge in [0.2, 0.25) is 0 Å². The van der Waals surface area contributed by atoms with Gasteiger partial charge in [-0.2, -0.15) is 5.10 Å². The molecule has 0 unspecified atom stereocenters. The van der Waals surface area contributed by atoms with Crippen LogP contribution < -0.4 is 10.2 Å². The van der Waals surface area contributed by atoms with Gasteiger partial charge in [0.1, 0.15) is 23.7 Å². The zero-order valence-electron chi connectivity index (χ0n) is 14.8. The molecule has 6 nitrogen and oxygen atoms in total. The summed E-state index contributed by atoms with van der Waals surface area (Å²) >= 11 is 0. The Kier molecular flexibility index (Phi) is 5.12. The number of amides is 1.